The van der Waals surface area contributed by atoms with E-state index in [-0.39, 0.29) is 77.3 Å². The van der Waals surface area contributed by atoms with Gasteiger partial charge in [0.1, 0.15) is 12.4 Å². The molecular weight excluding hydrogens is 533 g/mol. The van der Waals surface area contributed by atoms with Gasteiger partial charge in [-0.2, -0.15) is 0 Å². The van der Waals surface area contributed by atoms with Crippen molar-refractivity contribution < 1.29 is 28.6 Å². The van der Waals surface area contributed by atoms with Gasteiger partial charge >= 0.3 is 5.97 Å². The van der Waals surface area contributed by atoms with E-state index >= 15 is 4.39 Å². The van der Waals surface area contributed by atoms with Gasteiger partial charge in [0, 0.05) is 17.8 Å². The molecule has 3 N–H and O–H groups in total. The number of anilines is 1. The molecule has 1 aliphatic heterocycles. The van der Waals surface area contributed by atoms with E-state index in [0.29, 0.717) is 23.4 Å². The number of carbonyl (C=O) groups is 2. The third-order valence-corrected chi connectivity index (χ3v) is 5.69. The van der Waals surface area contributed by atoms with Crippen LogP contribution in [0.15, 0.2) is 24.3 Å². The number of benzene rings is 2. The number of nitrogens with zero attached hydrogens (tertiary/aromatic N) is 1. The average molecular weight is 566 g/mol. The molecule has 8 nitrogen and oxygen atoms in total. The summed E-state index contributed by atoms with van der Waals surface area (Å²) in [6, 6.07) is 6.76. The molecule has 3 rings (SSSR count). The number of carboxylic acid groups (broad SMARTS) is 1. The minimum Gasteiger partial charge on any atom is -0.490 e. The molecule has 0 spiro atoms. The molecule has 196 valence electrons. The molecule has 0 saturated heterocycles. The molecule has 0 saturated carbocycles. The lowest BCUT2D eigenvalue weighted by Crippen LogP contribution is -2.30. The van der Waals surface area contributed by atoms with Crippen molar-refractivity contribution in [3.05, 3.63) is 52.3 Å². The summed E-state index contributed by atoms with van der Waals surface area (Å²) in [4.78, 5) is 25.7. The van der Waals surface area contributed by atoms with Crippen molar-refractivity contribution in [1.82, 2.24) is 4.90 Å². The molecule has 10 heteroatoms. The average Bonchev–Trinajstić information content (AvgIpc) is 3.09. The lowest BCUT2D eigenvalue weighted by atomic mass is 9.84. The van der Waals surface area contributed by atoms with Gasteiger partial charge < -0.3 is 24.8 Å². The fourth-order valence-electron chi connectivity index (χ4n) is 4.09. The summed E-state index contributed by atoms with van der Waals surface area (Å²) in [6.45, 7) is 9.91. The van der Waals surface area contributed by atoms with Gasteiger partial charge in [-0.25, -0.2) is 4.39 Å². The van der Waals surface area contributed by atoms with Crippen LogP contribution in [0.2, 0.25) is 0 Å². The minimum atomic E-state index is -0.982. The first-order valence-electron chi connectivity index (χ1n) is 11.6. The van der Waals surface area contributed by atoms with Crippen molar-refractivity contribution in [2.45, 2.75) is 46.6 Å². The molecule has 36 heavy (non-hydrogen) atoms. The fourth-order valence-corrected chi connectivity index (χ4v) is 4.09. The molecule has 0 aromatic heterocycles. The predicted octanol–water partition coefficient (Wildman–Crippen LogP) is 5.02. The van der Waals surface area contributed by atoms with E-state index in [0.717, 1.165) is 5.56 Å². The number of hydrogen-bond acceptors (Lipinski definition) is 6. The van der Waals surface area contributed by atoms with E-state index in [1.54, 1.807) is 38.1 Å². The van der Waals surface area contributed by atoms with Crippen LogP contribution >= 0.6 is 17.0 Å². The highest BCUT2D eigenvalue weighted by Crippen LogP contribution is 2.39. The van der Waals surface area contributed by atoms with Gasteiger partial charge in [0.05, 0.1) is 25.3 Å². The number of carbonyl (C=O) groups excluding carboxylic acids is 1. The number of nitrogens with one attached hydrogen (secondary N) is 2. The summed E-state index contributed by atoms with van der Waals surface area (Å²) in [7, 11) is 0. The lowest BCUT2D eigenvalue weighted by molar-refractivity contribution is -0.134. The largest absolute Gasteiger partial charge is 0.490 e. The summed E-state index contributed by atoms with van der Waals surface area (Å²) in [5.41, 5.74) is 2.22. The van der Waals surface area contributed by atoms with E-state index in [1.165, 1.54) is 4.90 Å². The Morgan fingerprint density at radius 3 is 2.42 bits per heavy atom. The highest BCUT2D eigenvalue weighted by atomic mass is 79.9. The molecule has 0 aliphatic carbocycles. The number of hydrogen-bond donors (Lipinski definition) is 3. The van der Waals surface area contributed by atoms with E-state index in [1.807, 2.05) is 20.8 Å². The van der Waals surface area contributed by atoms with Gasteiger partial charge in [0.25, 0.3) is 0 Å². The normalized spacial score (nSPS) is 12.6. The number of fused-ring (bicyclic) bond motifs is 1. The Hall–Kier alpha value is -3.14. The molecule has 0 unspecified atom stereocenters. The topological polar surface area (TPSA) is 112 Å². The summed E-state index contributed by atoms with van der Waals surface area (Å²) < 4.78 is 26.3. The van der Waals surface area contributed by atoms with Crippen LogP contribution in [-0.4, -0.2) is 53.9 Å². The zero-order chi connectivity index (χ0) is 25.9. The standard InChI is InChI=1S/C26H32FN3O5.BrH/c1-6-34-20-11-16-13-30(25(28)22(16)23(27)24(20)35-7-2)14-19(31)15-8-9-18(29-12-21(32)33)17(10-15)26(3,4)5;/h8-11,28-29H,6-7,12-14H2,1-5H3,(H,32,33);1H. The molecule has 0 fully saturated rings. The molecule has 2 aromatic carbocycles. The predicted molar refractivity (Wildman–Crippen MR) is 142 cm³/mol. The van der Waals surface area contributed by atoms with Gasteiger partial charge in [-0.3, -0.25) is 15.0 Å². The summed E-state index contributed by atoms with van der Waals surface area (Å²) in [6.07, 6.45) is 0. The molecular formula is C26H33BrFN3O5. The van der Waals surface area contributed by atoms with Gasteiger partial charge in [-0.1, -0.05) is 20.8 Å². The van der Waals surface area contributed by atoms with Crippen molar-refractivity contribution >= 4 is 40.3 Å². The number of carboxylic acids is 1. The van der Waals surface area contributed by atoms with E-state index in [4.69, 9.17) is 20.0 Å². The van der Waals surface area contributed by atoms with Gasteiger partial charge in [-0.15, -0.1) is 17.0 Å². The van der Waals surface area contributed by atoms with E-state index < -0.39 is 11.8 Å². The molecule has 1 aliphatic rings. The van der Waals surface area contributed by atoms with Crippen LogP contribution in [0.1, 0.15) is 61.7 Å². The molecule has 2 aromatic rings. The van der Waals surface area contributed by atoms with Crippen molar-refractivity contribution in [2.75, 3.05) is 31.6 Å². The Balaban J connectivity index is 0.00000456. The Bertz CT molecular complexity index is 1160. The van der Waals surface area contributed by atoms with Crippen LogP contribution in [0.3, 0.4) is 0 Å². The monoisotopic (exact) mass is 565 g/mol. The van der Waals surface area contributed by atoms with Crippen molar-refractivity contribution in [2.24, 2.45) is 0 Å². The first-order valence-corrected chi connectivity index (χ1v) is 11.6. The third kappa shape index (κ3) is 6.16. The number of Topliss-reactive ketones (excluding diaryl/α,β-unsaturated/α-hetero) is 1. The number of amidine groups is 1. The molecule has 0 radical (unpaired) electrons. The van der Waals surface area contributed by atoms with Crippen LogP contribution in [0, 0.1) is 11.2 Å². The number of ether oxygens (including phenoxy) is 2. The number of halogens is 2. The Morgan fingerprint density at radius 1 is 1.17 bits per heavy atom. The number of rotatable bonds is 10. The summed E-state index contributed by atoms with van der Waals surface area (Å²) >= 11 is 0. The lowest BCUT2D eigenvalue weighted by Gasteiger charge is -2.24. The zero-order valence-corrected chi connectivity index (χ0v) is 22.9. The van der Waals surface area contributed by atoms with Crippen LogP contribution < -0.4 is 14.8 Å². The maximum absolute atomic E-state index is 15.3. The number of aliphatic carboxylic acids is 1. The second kappa shape index (κ2) is 11.7. The van der Waals surface area contributed by atoms with Crippen LogP contribution in [-0.2, 0) is 16.8 Å². The van der Waals surface area contributed by atoms with Crippen molar-refractivity contribution in [1.29, 1.82) is 5.41 Å². The maximum atomic E-state index is 15.3. The number of ketones is 1. The van der Waals surface area contributed by atoms with Gasteiger partial charge in [0.15, 0.2) is 23.1 Å². The zero-order valence-electron chi connectivity index (χ0n) is 21.2. The molecule has 0 atom stereocenters. The van der Waals surface area contributed by atoms with Crippen molar-refractivity contribution in [3.63, 3.8) is 0 Å². The summed E-state index contributed by atoms with van der Waals surface area (Å²) in [5, 5.41) is 20.4. The van der Waals surface area contributed by atoms with Crippen LogP contribution in [0.25, 0.3) is 0 Å². The van der Waals surface area contributed by atoms with Crippen molar-refractivity contribution in [3.8, 4) is 11.5 Å². The van der Waals surface area contributed by atoms with Gasteiger partial charge in [-0.05, 0) is 54.7 Å². The Labute approximate surface area is 221 Å². The third-order valence-electron chi connectivity index (χ3n) is 5.69. The van der Waals surface area contributed by atoms with Crippen LogP contribution in [0.4, 0.5) is 10.1 Å². The second-order valence-corrected chi connectivity index (χ2v) is 9.30. The smallest absolute Gasteiger partial charge is 0.322 e. The van der Waals surface area contributed by atoms with E-state index in [9.17, 15) is 9.59 Å². The van der Waals surface area contributed by atoms with E-state index in [2.05, 4.69) is 5.32 Å². The quantitative estimate of drug-likeness (QED) is 0.347. The maximum Gasteiger partial charge on any atom is 0.322 e. The highest BCUT2D eigenvalue weighted by molar-refractivity contribution is 8.93. The fraction of sp³-hybridized carbons (Fsp3) is 0.423. The molecule has 1 heterocycles. The Kier molecular flexibility index (Phi) is 9.48. The second-order valence-electron chi connectivity index (χ2n) is 9.30. The highest BCUT2D eigenvalue weighted by Gasteiger charge is 2.33. The van der Waals surface area contributed by atoms with Gasteiger partial charge in [0.2, 0.25) is 0 Å². The van der Waals surface area contributed by atoms with Crippen LogP contribution in [0.5, 0.6) is 11.5 Å². The SMILES string of the molecule is Br.CCOc1cc2c(c(F)c1OCC)C(=N)N(CC(=O)c1ccc(NCC(=O)O)c(C(C)(C)C)c1)C2. The molecule has 0 amide bonds. The minimum absolute atomic E-state index is 0. The Morgan fingerprint density at radius 2 is 1.83 bits per heavy atom. The first kappa shape index (κ1) is 29.1. The summed E-state index contributed by atoms with van der Waals surface area (Å²) in [5.74, 6) is -1.68. The first-order chi connectivity index (χ1) is 16.5. The molecule has 0 bridgehead atoms.